The molecule has 0 amide bonds. The Morgan fingerprint density at radius 2 is 2.11 bits per heavy atom. The third-order valence-corrected chi connectivity index (χ3v) is 3.83. The number of halogens is 2. The number of benzene rings is 2. The lowest BCUT2D eigenvalue weighted by atomic mass is 10.0. The van der Waals surface area contributed by atoms with Crippen molar-refractivity contribution >= 4 is 29.0 Å². The molecule has 3 rings (SSSR count). The SMILES string of the molecule is CCOC(=O)CC#N.Fc1ccccc1C1=NCCNc2ccc(Cl)cc21. The fourth-order valence-corrected chi connectivity index (χ4v) is 2.64. The molecule has 27 heavy (non-hydrogen) atoms. The smallest absolute Gasteiger partial charge is 0.320 e. The van der Waals surface area contributed by atoms with E-state index in [-0.39, 0.29) is 12.2 Å². The van der Waals surface area contributed by atoms with Crippen molar-refractivity contribution in [2.45, 2.75) is 13.3 Å². The minimum absolute atomic E-state index is 0.145. The van der Waals surface area contributed by atoms with Crippen LogP contribution in [0, 0.1) is 17.1 Å². The highest BCUT2D eigenvalue weighted by Crippen LogP contribution is 2.26. The molecule has 0 bridgehead atoms. The van der Waals surface area contributed by atoms with Gasteiger partial charge in [0.05, 0.1) is 24.9 Å². The number of nitriles is 1. The number of ether oxygens (including phenoxy) is 1. The van der Waals surface area contributed by atoms with Crippen LogP contribution in [0.1, 0.15) is 24.5 Å². The molecule has 1 heterocycles. The largest absolute Gasteiger partial charge is 0.465 e. The van der Waals surface area contributed by atoms with Gasteiger partial charge in [-0.3, -0.25) is 9.79 Å². The highest BCUT2D eigenvalue weighted by atomic mass is 35.5. The van der Waals surface area contributed by atoms with Crippen LogP contribution in [-0.4, -0.2) is 31.4 Å². The zero-order valence-electron chi connectivity index (χ0n) is 14.8. The molecule has 0 radical (unpaired) electrons. The number of fused-ring (bicyclic) bond motifs is 1. The lowest BCUT2D eigenvalue weighted by Gasteiger charge is -2.11. The van der Waals surface area contributed by atoms with E-state index in [0.717, 1.165) is 17.8 Å². The first-order valence-corrected chi connectivity index (χ1v) is 8.80. The molecular formula is C20H19ClFN3O2. The first kappa shape index (κ1) is 20.4. The van der Waals surface area contributed by atoms with Crippen LogP contribution < -0.4 is 5.32 Å². The molecule has 5 nitrogen and oxygen atoms in total. The average Bonchev–Trinajstić information content (AvgIpc) is 2.85. The highest BCUT2D eigenvalue weighted by Gasteiger charge is 2.17. The molecule has 140 valence electrons. The van der Waals surface area contributed by atoms with Gasteiger partial charge in [0.15, 0.2) is 0 Å². The lowest BCUT2D eigenvalue weighted by Crippen LogP contribution is -2.07. The summed E-state index contributed by atoms with van der Waals surface area (Å²) in [6, 6.07) is 13.9. The van der Waals surface area contributed by atoms with Gasteiger partial charge in [0.2, 0.25) is 0 Å². The first-order chi connectivity index (χ1) is 13.1. The summed E-state index contributed by atoms with van der Waals surface area (Å²) < 4.78 is 18.4. The number of carbonyl (C=O) groups is 1. The van der Waals surface area contributed by atoms with Crippen molar-refractivity contribution in [3.05, 3.63) is 64.4 Å². The van der Waals surface area contributed by atoms with Crippen LogP contribution in [-0.2, 0) is 9.53 Å². The van der Waals surface area contributed by atoms with Crippen molar-refractivity contribution in [1.82, 2.24) is 0 Å². The van der Waals surface area contributed by atoms with Gasteiger partial charge in [0.1, 0.15) is 12.2 Å². The Bertz CT molecular complexity index is 878. The van der Waals surface area contributed by atoms with E-state index < -0.39 is 5.97 Å². The summed E-state index contributed by atoms with van der Waals surface area (Å²) in [6.45, 7) is 3.39. The number of nitrogens with one attached hydrogen (secondary N) is 1. The summed E-state index contributed by atoms with van der Waals surface area (Å²) >= 11 is 6.05. The summed E-state index contributed by atoms with van der Waals surface area (Å²) in [7, 11) is 0. The molecule has 0 unspecified atom stereocenters. The van der Waals surface area contributed by atoms with Gasteiger partial charge in [-0.1, -0.05) is 23.7 Å². The number of hydrogen-bond donors (Lipinski definition) is 1. The van der Waals surface area contributed by atoms with E-state index in [2.05, 4.69) is 15.0 Å². The van der Waals surface area contributed by atoms with Crippen LogP contribution in [0.15, 0.2) is 47.5 Å². The zero-order valence-corrected chi connectivity index (χ0v) is 15.6. The van der Waals surface area contributed by atoms with Crippen LogP contribution in [0.5, 0.6) is 0 Å². The van der Waals surface area contributed by atoms with Crippen molar-refractivity contribution in [3.8, 4) is 6.07 Å². The van der Waals surface area contributed by atoms with Crippen LogP contribution in [0.2, 0.25) is 5.02 Å². The van der Waals surface area contributed by atoms with E-state index >= 15 is 0 Å². The normalized spacial score (nSPS) is 12.1. The third kappa shape index (κ3) is 5.80. The Morgan fingerprint density at radius 1 is 1.33 bits per heavy atom. The van der Waals surface area contributed by atoms with Crippen molar-refractivity contribution in [2.24, 2.45) is 4.99 Å². The number of esters is 1. The minimum Gasteiger partial charge on any atom is -0.465 e. The molecule has 0 atom stereocenters. The van der Waals surface area contributed by atoms with Crippen molar-refractivity contribution in [1.29, 1.82) is 5.26 Å². The molecule has 2 aromatic carbocycles. The summed E-state index contributed by atoms with van der Waals surface area (Å²) in [5, 5.41) is 11.8. The second-order valence-corrected chi connectivity index (χ2v) is 5.90. The molecule has 2 aromatic rings. The van der Waals surface area contributed by atoms with Crippen molar-refractivity contribution in [3.63, 3.8) is 0 Å². The number of anilines is 1. The van der Waals surface area contributed by atoms with E-state index in [1.807, 2.05) is 24.3 Å². The Hall–Kier alpha value is -2.91. The van der Waals surface area contributed by atoms with Gasteiger partial charge >= 0.3 is 5.97 Å². The number of aliphatic imine (C=N–C) groups is 1. The predicted octanol–water partition coefficient (Wildman–Crippen LogP) is 4.21. The number of nitrogens with zero attached hydrogens (tertiary/aromatic N) is 2. The second-order valence-electron chi connectivity index (χ2n) is 5.47. The summed E-state index contributed by atoms with van der Waals surface area (Å²) in [5.41, 5.74) is 2.94. The molecule has 0 saturated carbocycles. The standard InChI is InChI=1S/C15H12ClFN2.C5H7NO2/c16-10-5-6-14-12(9-10)15(19-8-7-18-14)11-3-1-2-4-13(11)17;1-2-8-5(7)3-4-6/h1-6,9,18H,7-8H2;2-3H2,1H3. The molecule has 1 N–H and O–H groups in total. The first-order valence-electron chi connectivity index (χ1n) is 8.42. The second kappa shape index (κ2) is 10.3. The maximum absolute atomic E-state index is 14.0. The summed E-state index contributed by atoms with van der Waals surface area (Å²) in [6.07, 6.45) is -0.145. The molecule has 0 spiro atoms. The van der Waals surface area contributed by atoms with E-state index in [1.54, 1.807) is 25.1 Å². The van der Waals surface area contributed by atoms with Crippen LogP contribution in [0.3, 0.4) is 0 Å². The fourth-order valence-electron chi connectivity index (χ4n) is 2.47. The predicted molar refractivity (Wildman–Crippen MR) is 104 cm³/mol. The summed E-state index contributed by atoms with van der Waals surface area (Å²) in [5.74, 6) is -0.718. The molecule has 0 aromatic heterocycles. The van der Waals surface area contributed by atoms with Gasteiger partial charge in [-0.25, -0.2) is 4.39 Å². The molecule has 1 aliphatic rings. The van der Waals surface area contributed by atoms with Crippen LogP contribution in [0.25, 0.3) is 0 Å². The number of rotatable bonds is 3. The number of carbonyl (C=O) groups excluding carboxylic acids is 1. The van der Waals surface area contributed by atoms with Gasteiger partial charge in [-0.05, 0) is 37.3 Å². The maximum Gasteiger partial charge on any atom is 0.320 e. The van der Waals surface area contributed by atoms with Gasteiger partial charge in [-0.2, -0.15) is 5.26 Å². The van der Waals surface area contributed by atoms with E-state index in [9.17, 15) is 9.18 Å². The Labute approximate surface area is 162 Å². The van der Waals surface area contributed by atoms with Crippen molar-refractivity contribution in [2.75, 3.05) is 25.0 Å². The third-order valence-electron chi connectivity index (χ3n) is 3.59. The Balaban J connectivity index is 0.000000279. The number of hydrogen-bond acceptors (Lipinski definition) is 5. The Morgan fingerprint density at radius 3 is 2.81 bits per heavy atom. The monoisotopic (exact) mass is 387 g/mol. The van der Waals surface area contributed by atoms with E-state index in [1.165, 1.54) is 6.07 Å². The molecular weight excluding hydrogens is 369 g/mol. The van der Waals surface area contributed by atoms with Gasteiger partial charge < -0.3 is 10.1 Å². The number of benzodiazepines with no additional fused rings is 1. The zero-order chi connectivity index (χ0) is 19.6. The average molecular weight is 388 g/mol. The van der Waals surface area contributed by atoms with Gasteiger partial charge in [-0.15, -0.1) is 0 Å². The van der Waals surface area contributed by atoms with E-state index in [4.69, 9.17) is 16.9 Å². The van der Waals surface area contributed by atoms with Gasteiger partial charge in [0.25, 0.3) is 0 Å². The fraction of sp³-hybridized carbons (Fsp3) is 0.250. The van der Waals surface area contributed by atoms with Crippen molar-refractivity contribution < 1.29 is 13.9 Å². The van der Waals surface area contributed by atoms with E-state index in [0.29, 0.717) is 29.4 Å². The molecule has 0 fully saturated rings. The molecule has 7 heteroatoms. The molecule has 1 aliphatic heterocycles. The van der Waals surface area contributed by atoms with Crippen LogP contribution in [0.4, 0.5) is 10.1 Å². The Kier molecular flexibility index (Phi) is 7.78. The molecule has 0 saturated heterocycles. The lowest BCUT2D eigenvalue weighted by molar-refractivity contribution is -0.141. The highest BCUT2D eigenvalue weighted by molar-refractivity contribution is 6.31. The van der Waals surface area contributed by atoms with Crippen LogP contribution >= 0.6 is 11.6 Å². The quantitative estimate of drug-likeness (QED) is 0.801. The topological polar surface area (TPSA) is 74.5 Å². The maximum atomic E-state index is 14.0. The van der Waals surface area contributed by atoms with Gasteiger partial charge in [0, 0.05) is 28.4 Å². The summed E-state index contributed by atoms with van der Waals surface area (Å²) in [4.78, 5) is 14.7. The molecule has 0 aliphatic carbocycles. The minimum atomic E-state index is -0.449.